The zero-order valence-corrected chi connectivity index (χ0v) is 19.4. The van der Waals surface area contributed by atoms with Crippen molar-refractivity contribution in [3.63, 3.8) is 0 Å². The van der Waals surface area contributed by atoms with E-state index in [1.807, 2.05) is 29.7 Å². The van der Waals surface area contributed by atoms with Gasteiger partial charge < -0.3 is 24.3 Å². The molecule has 0 spiro atoms. The van der Waals surface area contributed by atoms with Crippen LogP contribution in [0.15, 0.2) is 47.5 Å². The molecule has 4 aromatic rings. The fraction of sp³-hybridized carbons (Fsp3) is 0.360. The highest BCUT2D eigenvalue weighted by Crippen LogP contribution is 2.48. The number of amides is 1. The minimum atomic E-state index is -0.979. The number of oxazole rings is 1. The van der Waals surface area contributed by atoms with Gasteiger partial charge in [0.25, 0.3) is 5.91 Å². The molecule has 1 aliphatic carbocycles. The summed E-state index contributed by atoms with van der Waals surface area (Å²) in [6.45, 7) is 5.40. The lowest BCUT2D eigenvalue weighted by Gasteiger charge is -2.15. The minimum Gasteiger partial charge on any atom is -0.444 e. The van der Waals surface area contributed by atoms with Crippen molar-refractivity contribution in [2.45, 2.75) is 57.7 Å². The highest BCUT2D eigenvalue weighted by molar-refractivity contribution is 6.03. The normalized spacial score (nSPS) is 15.0. The number of pyridine rings is 2. The first-order chi connectivity index (χ1) is 16.1. The maximum atomic E-state index is 13.0. The van der Waals surface area contributed by atoms with E-state index in [9.17, 15) is 15.0 Å². The Hall–Kier alpha value is -3.56. The molecule has 0 saturated heterocycles. The van der Waals surface area contributed by atoms with Gasteiger partial charge in [-0.1, -0.05) is 0 Å². The Kier molecular flexibility index (Phi) is 5.26. The second kappa shape index (κ2) is 8.03. The molecule has 176 valence electrons. The van der Waals surface area contributed by atoms with Gasteiger partial charge in [0, 0.05) is 35.4 Å². The highest BCUT2D eigenvalue weighted by Gasteiger charge is 2.44. The maximum absolute atomic E-state index is 13.0. The highest BCUT2D eigenvalue weighted by atomic mass is 16.3. The lowest BCUT2D eigenvalue weighted by molar-refractivity contribution is 0.0711. The molecule has 0 unspecified atom stereocenters. The third-order valence-corrected chi connectivity index (χ3v) is 5.99. The first kappa shape index (κ1) is 22.2. The smallest absolute Gasteiger partial charge is 0.277 e. The van der Waals surface area contributed by atoms with Crippen molar-refractivity contribution in [2.75, 3.05) is 5.32 Å². The molecule has 4 heterocycles. The van der Waals surface area contributed by atoms with Crippen molar-refractivity contribution in [1.29, 1.82) is 0 Å². The van der Waals surface area contributed by atoms with E-state index >= 15 is 0 Å². The molecule has 9 nitrogen and oxygen atoms in total. The Morgan fingerprint density at radius 3 is 2.76 bits per heavy atom. The number of anilines is 1. The number of aliphatic hydroxyl groups is 2. The van der Waals surface area contributed by atoms with E-state index < -0.39 is 17.1 Å². The number of aryl methyl sites for hydroxylation is 2. The number of nitrogens with zero attached hydrogens (tertiary/aromatic N) is 4. The number of imidazole rings is 1. The predicted molar refractivity (Wildman–Crippen MR) is 125 cm³/mol. The predicted octanol–water partition coefficient (Wildman–Crippen LogP) is 3.63. The standard InChI is InChI=1S/C25H27N5O4/c1-15-10-16(5-9-26-15)23-29-20(14-34-23)22(31)28-19-13-30-12-17(4-6-24(2,3)32)27-21(30)11-18(19)25(33)7-8-25/h5,9-14,32-33H,4,6-8H2,1-3H3,(H,28,31). The fourth-order valence-electron chi connectivity index (χ4n) is 3.89. The van der Waals surface area contributed by atoms with Crippen LogP contribution in [0.5, 0.6) is 0 Å². The quantitative estimate of drug-likeness (QED) is 0.384. The van der Waals surface area contributed by atoms with Crippen LogP contribution >= 0.6 is 0 Å². The Balaban J connectivity index is 1.43. The van der Waals surface area contributed by atoms with Crippen LogP contribution in [0.4, 0.5) is 5.69 Å². The van der Waals surface area contributed by atoms with Crippen molar-refractivity contribution >= 4 is 17.2 Å². The van der Waals surface area contributed by atoms with Crippen LogP contribution in [0.25, 0.3) is 17.1 Å². The number of hydrogen-bond donors (Lipinski definition) is 3. The lowest BCUT2D eigenvalue weighted by atomic mass is 10.0. The molecule has 4 aromatic heterocycles. The van der Waals surface area contributed by atoms with Gasteiger partial charge in [0.1, 0.15) is 11.9 Å². The van der Waals surface area contributed by atoms with Crippen molar-refractivity contribution in [3.8, 4) is 11.5 Å². The Morgan fingerprint density at radius 1 is 1.26 bits per heavy atom. The molecule has 5 rings (SSSR count). The summed E-state index contributed by atoms with van der Waals surface area (Å²) < 4.78 is 7.34. The summed E-state index contributed by atoms with van der Waals surface area (Å²) >= 11 is 0. The number of nitrogens with one attached hydrogen (secondary N) is 1. The second-order valence-corrected chi connectivity index (χ2v) is 9.62. The molecule has 3 N–H and O–H groups in total. The number of fused-ring (bicyclic) bond motifs is 1. The zero-order valence-electron chi connectivity index (χ0n) is 19.4. The molecule has 1 aliphatic rings. The minimum absolute atomic E-state index is 0.134. The van der Waals surface area contributed by atoms with Crippen molar-refractivity contribution in [3.05, 3.63) is 65.7 Å². The van der Waals surface area contributed by atoms with Crippen molar-refractivity contribution in [1.82, 2.24) is 19.4 Å². The first-order valence-corrected chi connectivity index (χ1v) is 11.3. The molecular weight excluding hydrogens is 434 g/mol. The molecule has 1 amide bonds. The van der Waals surface area contributed by atoms with Gasteiger partial charge in [-0.2, -0.15) is 0 Å². The summed E-state index contributed by atoms with van der Waals surface area (Å²) in [4.78, 5) is 26.1. The van der Waals surface area contributed by atoms with Gasteiger partial charge >= 0.3 is 0 Å². The van der Waals surface area contributed by atoms with Gasteiger partial charge in [-0.25, -0.2) is 9.97 Å². The van der Waals surface area contributed by atoms with Crippen LogP contribution in [0.3, 0.4) is 0 Å². The largest absolute Gasteiger partial charge is 0.444 e. The van der Waals surface area contributed by atoms with E-state index in [0.717, 1.165) is 17.0 Å². The van der Waals surface area contributed by atoms with E-state index in [2.05, 4.69) is 20.3 Å². The van der Waals surface area contributed by atoms with E-state index in [1.165, 1.54) is 6.26 Å². The number of aromatic nitrogens is 4. The van der Waals surface area contributed by atoms with Gasteiger partial charge in [0.15, 0.2) is 5.69 Å². The van der Waals surface area contributed by atoms with Crippen molar-refractivity contribution in [2.24, 2.45) is 0 Å². The van der Waals surface area contributed by atoms with E-state index in [1.54, 1.807) is 32.3 Å². The Labute approximate surface area is 196 Å². The van der Waals surface area contributed by atoms with Gasteiger partial charge in [0.05, 0.1) is 22.6 Å². The molecule has 1 fully saturated rings. The summed E-state index contributed by atoms with van der Waals surface area (Å²) in [7, 11) is 0. The Morgan fingerprint density at radius 2 is 2.06 bits per heavy atom. The average molecular weight is 462 g/mol. The van der Waals surface area contributed by atoms with Gasteiger partial charge in [-0.05, 0) is 64.7 Å². The molecule has 0 bridgehead atoms. The zero-order chi connectivity index (χ0) is 24.1. The third kappa shape index (κ3) is 4.57. The summed E-state index contributed by atoms with van der Waals surface area (Å²) in [5, 5.41) is 23.8. The molecule has 0 aromatic carbocycles. The molecule has 0 aliphatic heterocycles. The fourth-order valence-corrected chi connectivity index (χ4v) is 3.89. The summed E-state index contributed by atoms with van der Waals surface area (Å²) in [6, 6.07) is 5.41. The van der Waals surface area contributed by atoms with Gasteiger partial charge in [-0.3, -0.25) is 9.78 Å². The molecule has 0 atom stereocenters. The first-order valence-electron chi connectivity index (χ1n) is 11.3. The molecule has 0 radical (unpaired) electrons. The maximum Gasteiger partial charge on any atom is 0.277 e. The van der Waals surface area contributed by atoms with Crippen LogP contribution < -0.4 is 5.32 Å². The van der Waals surface area contributed by atoms with Crippen LogP contribution in [-0.4, -0.2) is 41.1 Å². The molecular formula is C25H27N5O4. The number of carbonyl (C=O) groups is 1. The lowest BCUT2D eigenvalue weighted by Crippen LogP contribution is -2.19. The number of rotatable bonds is 7. The number of carbonyl (C=O) groups excluding carboxylic acids is 1. The SMILES string of the molecule is Cc1cc(-c2nc(C(=O)Nc3cn4cc(CCC(C)(C)O)nc4cc3C3(O)CC3)co2)ccn1. The third-order valence-electron chi connectivity index (χ3n) is 5.99. The van der Waals surface area contributed by atoms with Crippen LogP contribution in [-0.2, 0) is 12.0 Å². The van der Waals surface area contributed by atoms with Crippen LogP contribution in [0, 0.1) is 6.92 Å². The van der Waals surface area contributed by atoms with Gasteiger partial charge in [-0.15, -0.1) is 0 Å². The monoisotopic (exact) mass is 461 g/mol. The average Bonchev–Trinajstić information content (AvgIpc) is 3.19. The van der Waals surface area contributed by atoms with E-state index in [-0.39, 0.29) is 5.69 Å². The van der Waals surface area contributed by atoms with Crippen molar-refractivity contribution < 1.29 is 19.4 Å². The van der Waals surface area contributed by atoms with E-state index in [0.29, 0.717) is 48.5 Å². The van der Waals surface area contributed by atoms with Crippen LogP contribution in [0.2, 0.25) is 0 Å². The summed E-state index contributed by atoms with van der Waals surface area (Å²) in [6.07, 6.45) is 9.03. The molecule has 1 saturated carbocycles. The topological polar surface area (TPSA) is 126 Å². The Bertz CT molecular complexity index is 1380. The summed E-state index contributed by atoms with van der Waals surface area (Å²) in [5.41, 5.74) is 2.55. The second-order valence-electron chi connectivity index (χ2n) is 9.62. The number of hydrogen-bond acceptors (Lipinski definition) is 7. The molecule has 34 heavy (non-hydrogen) atoms. The van der Waals surface area contributed by atoms with Crippen LogP contribution in [0.1, 0.15) is 60.5 Å². The molecule has 9 heteroatoms. The van der Waals surface area contributed by atoms with E-state index in [4.69, 9.17) is 4.42 Å². The van der Waals surface area contributed by atoms with Gasteiger partial charge in [0.2, 0.25) is 5.89 Å². The summed E-state index contributed by atoms with van der Waals surface area (Å²) in [5.74, 6) is -0.105.